The van der Waals surface area contributed by atoms with Crippen molar-refractivity contribution in [2.45, 2.75) is 199 Å². The van der Waals surface area contributed by atoms with Gasteiger partial charge in [-0.15, -0.1) is 0 Å². The minimum Gasteiger partial charge on any atom is -0.488 e. The summed E-state index contributed by atoms with van der Waals surface area (Å²) in [5, 5.41) is 48.7. The van der Waals surface area contributed by atoms with E-state index >= 15 is 0 Å². The summed E-state index contributed by atoms with van der Waals surface area (Å²) in [5.41, 5.74) is -2.96. The van der Waals surface area contributed by atoms with Gasteiger partial charge >= 0.3 is 5.97 Å². The summed E-state index contributed by atoms with van der Waals surface area (Å²) in [4.78, 5) is 14.3. The van der Waals surface area contributed by atoms with Gasteiger partial charge in [0.05, 0.1) is 41.9 Å². The van der Waals surface area contributed by atoms with Crippen molar-refractivity contribution in [3.8, 4) is 0 Å². The lowest BCUT2D eigenvalue weighted by Gasteiger charge is -2.48. The van der Waals surface area contributed by atoms with Crippen molar-refractivity contribution in [1.29, 1.82) is 0 Å². The van der Waals surface area contributed by atoms with Crippen LogP contribution < -0.4 is 5.32 Å². The van der Waals surface area contributed by atoms with E-state index in [0.717, 1.165) is 5.57 Å². The number of nitrogens with one attached hydrogen (secondary N) is 1. The molecule has 0 aromatic heterocycles. The second-order valence-electron chi connectivity index (χ2n) is 16.7. The molecule has 0 aromatic rings. The summed E-state index contributed by atoms with van der Waals surface area (Å²) in [6.45, 7) is 22.1. The van der Waals surface area contributed by atoms with E-state index in [0.29, 0.717) is 18.6 Å². The van der Waals surface area contributed by atoms with Gasteiger partial charge in [-0.05, 0) is 66.9 Å². The van der Waals surface area contributed by atoms with Gasteiger partial charge < -0.3 is 58.9 Å². The number of fused-ring (bicyclic) bond motifs is 2. The average molecular weight is 730 g/mol. The molecule has 0 radical (unpaired) electrons. The van der Waals surface area contributed by atoms with Crippen molar-refractivity contribution < 1.29 is 58.4 Å². The van der Waals surface area contributed by atoms with Crippen LogP contribution in [0.2, 0.25) is 0 Å². The van der Waals surface area contributed by atoms with E-state index in [-0.39, 0.29) is 31.0 Å². The van der Waals surface area contributed by atoms with Crippen LogP contribution in [0.3, 0.4) is 0 Å². The maximum Gasteiger partial charge on any atom is 0.311 e. The van der Waals surface area contributed by atoms with Crippen LogP contribution in [0.4, 0.5) is 0 Å². The van der Waals surface area contributed by atoms with Crippen LogP contribution in [-0.4, -0.2) is 124 Å². The Bertz CT molecular complexity index is 1230. The molecule has 5 N–H and O–H groups in total. The van der Waals surface area contributed by atoms with Crippen molar-refractivity contribution in [2.24, 2.45) is 17.8 Å². The summed E-state index contributed by atoms with van der Waals surface area (Å²) >= 11 is 0. The van der Waals surface area contributed by atoms with E-state index < -0.39 is 95.8 Å². The Balaban J connectivity index is 1.82. The van der Waals surface area contributed by atoms with Gasteiger partial charge in [0.2, 0.25) is 0 Å². The first-order chi connectivity index (χ1) is 23.6. The zero-order valence-electron chi connectivity index (χ0n) is 33.0. The third-order valence-corrected chi connectivity index (χ3v) is 11.8. The van der Waals surface area contributed by atoms with E-state index in [1.807, 2.05) is 48.5 Å². The fourth-order valence-corrected chi connectivity index (χ4v) is 8.83. The number of esters is 1. The van der Waals surface area contributed by atoms with Crippen LogP contribution >= 0.6 is 0 Å². The second-order valence-corrected chi connectivity index (χ2v) is 16.7. The standard InChI is InChI=1S/C38H67NO12/c1-14-26(40)38(12,44)33-21(6)29-19(4)16-37(11,51-29)32(50-35-28(41)25(39-18(2)3)15-20(5)46-35)22(7)30(23(8)34(43)49-33)48-27-17-36(10,45-13)31(42)24(9)47-27/h18,20-28,30-33,35,39-42,44H,14-17H2,1-13H3. The lowest BCUT2D eigenvalue weighted by molar-refractivity contribution is -0.314. The first kappa shape index (κ1) is 42.4. The van der Waals surface area contributed by atoms with Gasteiger partial charge in [0.1, 0.15) is 41.4 Å². The third-order valence-electron chi connectivity index (χ3n) is 11.8. The van der Waals surface area contributed by atoms with Gasteiger partial charge in [0.15, 0.2) is 12.6 Å². The smallest absolute Gasteiger partial charge is 0.311 e. The molecule has 0 amide bonds. The SMILES string of the molecule is CCC(O)C(C)(O)C1OC(=O)C(C)C(OC2CC(C)(OC)C(O)C(C)O2)C(C)C(OC2OC(C)CC(NC(C)C)C2O)C2(C)CC(C)=C(O2)C1C. The highest BCUT2D eigenvalue weighted by molar-refractivity contribution is 5.73. The zero-order valence-corrected chi connectivity index (χ0v) is 33.0. The lowest BCUT2D eigenvalue weighted by atomic mass is 9.78. The summed E-state index contributed by atoms with van der Waals surface area (Å²) in [5.74, 6) is -2.28. The molecule has 13 heteroatoms. The number of aliphatic hydroxyl groups is 4. The van der Waals surface area contributed by atoms with Crippen molar-refractivity contribution in [1.82, 2.24) is 5.32 Å². The number of rotatable bonds is 10. The van der Waals surface area contributed by atoms with Crippen molar-refractivity contribution >= 4 is 5.97 Å². The Kier molecular flexibility index (Phi) is 13.4. The second kappa shape index (κ2) is 16.1. The molecular weight excluding hydrogens is 662 g/mol. The number of aliphatic hydroxyl groups excluding tert-OH is 3. The summed E-state index contributed by atoms with van der Waals surface area (Å²) in [7, 11) is 1.53. The summed E-state index contributed by atoms with van der Waals surface area (Å²) in [6.07, 6.45) is -7.35. The normalized spacial score (nSPS) is 45.8. The molecule has 4 aliphatic heterocycles. The van der Waals surface area contributed by atoms with Crippen molar-refractivity contribution in [3.63, 3.8) is 0 Å². The molecule has 3 saturated heterocycles. The fourth-order valence-electron chi connectivity index (χ4n) is 8.83. The van der Waals surface area contributed by atoms with Crippen LogP contribution in [0.1, 0.15) is 109 Å². The molecule has 4 heterocycles. The number of hydrogen-bond acceptors (Lipinski definition) is 13. The third kappa shape index (κ3) is 8.63. The van der Waals surface area contributed by atoms with Crippen LogP contribution in [0.15, 0.2) is 11.3 Å². The van der Waals surface area contributed by atoms with Gasteiger partial charge in [-0.2, -0.15) is 0 Å². The highest BCUT2D eigenvalue weighted by Crippen LogP contribution is 2.48. The highest BCUT2D eigenvalue weighted by atomic mass is 16.7. The predicted octanol–water partition coefficient (Wildman–Crippen LogP) is 3.33. The number of hydrogen-bond donors (Lipinski definition) is 5. The first-order valence-electron chi connectivity index (χ1n) is 18.9. The van der Waals surface area contributed by atoms with Gasteiger partial charge in [0, 0.05) is 38.0 Å². The Morgan fingerprint density at radius 2 is 1.71 bits per heavy atom. The fraction of sp³-hybridized carbons (Fsp3) is 0.921. The van der Waals surface area contributed by atoms with Crippen LogP contribution in [0.25, 0.3) is 0 Å². The van der Waals surface area contributed by atoms with E-state index in [1.165, 1.54) is 14.0 Å². The van der Waals surface area contributed by atoms with Gasteiger partial charge in [-0.3, -0.25) is 4.79 Å². The first-order valence-corrected chi connectivity index (χ1v) is 18.9. The maximum absolute atomic E-state index is 14.3. The largest absolute Gasteiger partial charge is 0.488 e. The lowest BCUT2D eigenvalue weighted by Crippen LogP contribution is -2.60. The Morgan fingerprint density at radius 3 is 2.29 bits per heavy atom. The number of methoxy groups -OCH3 is 1. The summed E-state index contributed by atoms with van der Waals surface area (Å²) < 4.78 is 44.9. The topological polar surface area (TPSA) is 175 Å². The van der Waals surface area contributed by atoms with Crippen LogP contribution in [0.5, 0.6) is 0 Å². The molecule has 0 aromatic carbocycles. The zero-order chi connectivity index (χ0) is 38.4. The average Bonchev–Trinajstić information content (AvgIpc) is 3.37. The van der Waals surface area contributed by atoms with Gasteiger partial charge in [0.25, 0.3) is 0 Å². The molecule has 4 rings (SSSR count). The van der Waals surface area contributed by atoms with E-state index in [1.54, 1.807) is 27.7 Å². The maximum atomic E-state index is 14.3. The molecule has 0 spiro atoms. The minimum atomic E-state index is -1.82. The minimum absolute atomic E-state index is 0.119. The Morgan fingerprint density at radius 1 is 1.06 bits per heavy atom. The monoisotopic (exact) mass is 729 g/mol. The molecule has 0 aliphatic carbocycles. The van der Waals surface area contributed by atoms with Crippen LogP contribution in [-0.2, 0) is 38.0 Å². The predicted molar refractivity (Wildman–Crippen MR) is 188 cm³/mol. The Hall–Kier alpha value is -1.39. The van der Waals surface area contributed by atoms with Crippen LogP contribution in [0, 0.1) is 17.8 Å². The molecule has 17 atom stereocenters. The molecule has 4 aliphatic rings. The number of ether oxygens (including phenoxy) is 7. The van der Waals surface area contributed by atoms with Crippen molar-refractivity contribution in [2.75, 3.05) is 7.11 Å². The molecule has 51 heavy (non-hydrogen) atoms. The molecular formula is C38H67NO12. The van der Waals surface area contributed by atoms with Crippen molar-refractivity contribution in [3.05, 3.63) is 11.3 Å². The molecule has 0 saturated carbocycles. The molecule has 13 nitrogen and oxygen atoms in total. The molecule has 3 fully saturated rings. The number of carbonyl (C=O) groups is 1. The van der Waals surface area contributed by atoms with Gasteiger partial charge in [-0.25, -0.2) is 0 Å². The van der Waals surface area contributed by atoms with E-state index in [2.05, 4.69) is 5.32 Å². The summed E-state index contributed by atoms with van der Waals surface area (Å²) in [6, 6.07) is -0.164. The number of cyclic esters (lactones) is 1. The van der Waals surface area contributed by atoms with E-state index in [9.17, 15) is 25.2 Å². The highest BCUT2D eigenvalue weighted by Gasteiger charge is 2.57. The van der Waals surface area contributed by atoms with Gasteiger partial charge in [-0.1, -0.05) is 34.6 Å². The Labute approximate surface area is 304 Å². The molecule has 2 bridgehead atoms. The van der Waals surface area contributed by atoms with E-state index in [4.69, 9.17) is 33.2 Å². The quantitative estimate of drug-likeness (QED) is 0.208. The molecule has 17 unspecified atom stereocenters. The molecule has 296 valence electrons. The number of carbonyl (C=O) groups excluding carboxylic acids is 1.